The highest BCUT2D eigenvalue weighted by atomic mass is 32.2. The van der Waals surface area contributed by atoms with Crippen molar-refractivity contribution in [3.63, 3.8) is 0 Å². The zero-order valence-electron chi connectivity index (χ0n) is 20.3. The first-order valence-corrected chi connectivity index (χ1v) is 12.3. The number of nitrogens with zero attached hydrogens (tertiary/aromatic N) is 2. The lowest BCUT2D eigenvalue weighted by Crippen LogP contribution is -2.40. The van der Waals surface area contributed by atoms with Crippen LogP contribution in [0.4, 0.5) is 23.1 Å². The Labute approximate surface area is 197 Å². The third-order valence-corrected chi connectivity index (χ3v) is 6.56. The molecule has 3 N–H and O–H groups in total. The summed E-state index contributed by atoms with van der Waals surface area (Å²) in [5, 5.41) is 6.49. The van der Waals surface area contributed by atoms with Gasteiger partial charge in [0.1, 0.15) is 5.82 Å². The summed E-state index contributed by atoms with van der Waals surface area (Å²) in [6.07, 6.45) is 1.73. The van der Waals surface area contributed by atoms with Crippen LogP contribution >= 0.6 is 0 Å². The minimum absolute atomic E-state index is 0.0335. The van der Waals surface area contributed by atoms with E-state index in [0.717, 1.165) is 11.3 Å². The van der Waals surface area contributed by atoms with E-state index in [1.165, 1.54) is 5.56 Å². The Kier molecular flexibility index (Phi) is 6.81. The van der Waals surface area contributed by atoms with Crippen LogP contribution in [-0.4, -0.2) is 23.9 Å². The molecule has 0 amide bonds. The smallest absolute Gasteiger partial charge is 0.241 e. The summed E-state index contributed by atoms with van der Waals surface area (Å²) in [4.78, 5) is 9.19. The fourth-order valence-electron chi connectivity index (χ4n) is 3.16. The third-order valence-electron chi connectivity index (χ3n) is 4.80. The van der Waals surface area contributed by atoms with Crippen LogP contribution < -0.4 is 15.4 Å². The Morgan fingerprint density at radius 3 is 2.12 bits per heavy atom. The van der Waals surface area contributed by atoms with Crippen molar-refractivity contribution in [2.24, 2.45) is 0 Å². The summed E-state index contributed by atoms with van der Waals surface area (Å²) in [7, 11) is -3.64. The fraction of sp³-hybridized carbons (Fsp3) is 0.360. The molecule has 3 aromatic rings. The normalized spacial score (nSPS) is 12.5. The van der Waals surface area contributed by atoms with Crippen LogP contribution in [0, 0.1) is 6.92 Å². The van der Waals surface area contributed by atoms with Crippen molar-refractivity contribution in [3.8, 4) is 0 Å². The topological polar surface area (TPSA) is 96.0 Å². The first-order chi connectivity index (χ1) is 15.2. The summed E-state index contributed by atoms with van der Waals surface area (Å²) in [5.41, 5.74) is 3.03. The Bertz CT molecular complexity index is 1240. The van der Waals surface area contributed by atoms with E-state index in [2.05, 4.69) is 58.2 Å². The Balaban J connectivity index is 1.84. The highest BCUT2D eigenvalue weighted by Crippen LogP contribution is 2.27. The minimum Gasteiger partial charge on any atom is -0.340 e. The number of aromatic nitrogens is 2. The van der Waals surface area contributed by atoms with Gasteiger partial charge in [-0.3, -0.25) is 0 Å². The molecule has 8 heteroatoms. The van der Waals surface area contributed by atoms with Gasteiger partial charge >= 0.3 is 0 Å². The number of rotatable bonds is 6. The number of hydrogen-bond acceptors (Lipinski definition) is 6. The van der Waals surface area contributed by atoms with Gasteiger partial charge in [-0.25, -0.2) is 18.1 Å². The predicted molar refractivity (Wildman–Crippen MR) is 135 cm³/mol. The molecule has 0 aliphatic heterocycles. The molecule has 0 radical (unpaired) electrons. The second-order valence-corrected chi connectivity index (χ2v) is 11.9. The summed E-state index contributed by atoms with van der Waals surface area (Å²) >= 11 is 0. The standard InChI is InChI=1S/C25H33N5O2S/c1-17-16-26-23(28-19-11-8-10-18(14-19)24(2,3)4)29-22(17)27-20-12-9-13-21(15-20)33(31,32)30-25(5,6)7/h8-16,30H,1-7H3,(H2,26,27,28,29). The molecule has 176 valence electrons. The van der Waals surface area contributed by atoms with Crippen LogP contribution in [0.3, 0.4) is 0 Å². The molecule has 0 saturated heterocycles. The maximum Gasteiger partial charge on any atom is 0.241 e. The summed E-state index contributed by atoms with van der Waals surface area (Å²) in [5.74, 6) is 1.05. The molecule has 3 rings (SSSR count). The van der Waals surface area contributed by atoms with Crippen LogP contribution in [0.5, 0.6) is 0 Å². The van der Waals surface area contributed by atoms with E-state index in [-0.39, 0.29) is 10.3 Å². The number of nitrogens with one attached hydrogen (secondary N) is 3. The molecule has 0 fully saturated rings. The highest BCUT2D eigenvalue weighted by molar-refractivity contribution is 7.89. The highest BCUT2D eigenvalue weighted by Gasteiger charge is 2.22. The lowest BCUT2D eigenvalue weighted by atomic mass is 9.87. The predicted octanol–water partition coefficient (Wildman–Crippen LogP) is 5.65. The molecule has 1 heterocycles. The molecule has 2 aromatic carbocycles. The molecule has 0 bridgehead atoms. The average molecular weight is 468 g/mol. The third kappa shape index (κ3) is 6.76. The first-order valence-electron chi connectivity index (χ1n) is 10.9. The van der Waals surface area contributed by atoms with E-state index < -0.39 is 15.6 Å². The summed E-state index contributed by atoms with van der Waals surface area (Å²) in [6.45, 7) is 13.8. The lowest BCUT2D eigenvalue weighted by Gasteiger charge is -2.20. The van der Waals surface area contributed by atoms with Gasteiger partial charge in [-0.05, 0) is 69.0 Å². The van der Waals surface area contributed by atoms with E-state index in [1.807, 2.05) is 39.8 Å². The molecule has 0 unspecified atom stereocenters. The molecule has 0 saturated carbocycles. The van der Waals surface area contributed by atoms with Crippen LogP contribution in [0.15, 0.2) is 59.6 Å². The fourth-order valence-corrected chi connectivity index (χ4v) is 4.62. The molecular weight excluding hydrogens is 434 g/mol. The van der Waals surface area contributed by atoms with Gasteiger partial charge in [-0.15, -0.1) is 0 Å². The van der Waals surface area contributed by atoms with E-state index in [1.54, 1.807) is 30.5 Å². The SMILES string of the molecule is Cc1cnc(Nc2cccc(C(C)(C)C)c2)nc1Nc1cccc(S(=O)(=O)NC(C)(C)C)c1. The van der Waals surface area contributed by atoms with E-state index in [4.69, 9.17) is 0 Å². The molecule has 0 aliphatic carbocycles. The molecule has 0 atom stereocenters. The number of hydrogen-bond donors (Lipinski definition) is 3. The number of anilines is 4. The number of benzene rings is 2. The van der Waals surface area contributed by atoms with Crippen LogP contribution in [-0.2, 0) is 15.4 Å². The van der Waals surface area contributed by atoms with E-state index >= 15 is 0 Å². The Morgan fingerprint density at radius 2 is 1.48 bits per heavy atom. The zero-order chi connectivity index (χ0) is 24.4. The Morgan fingerprint density at radius 1 is 0.848 bits per heavy atom. The lowest BCUT2D eigenvalue weighted by molar-refractivity contribution is 0.491. The quantitative estimate of drug-likeness (QED) is 0.434. The van der Waals surface area contributed by atoms with Crippen LogP contribution in [0.2, 0.25) is 0 Å². The molecule has 0 spiro atoms. The largest absolute Gasteiger partial charge is 0.340 e. The van der Waals surface area contributed by atoms with Crippen molar-refractivity contribution in [1.29, 1.82) is 0 Å². The van der Waals surface area contributed by atoms with E-state index in [0.29, 0.717) is 17.5 Å². The van der Waals surface area contributed by atoms with Crippen molar-refractivity contribution in [2.75, 3.05) is 10.6 Å². The van der Waals surface area contributed by atoms with Crippen molar-refractivity contribution >= 4 is 33.2 Å². The number of sulfonamides is 1. The van der Waals surface area contributed by atoms with Gasteiger partial charge in [0.2, 0.25) is 16.0 Å². The number of aryl methyl sites for hydroxylation is 1. The molecule has 1 aromatic heterocycles. The van der Waals surface area contributed by atoms with Gasteiger partial charge in [0.05, 0.1) is 4.90 Å². The maximum atomic E-state index is 12.7. The summed E-state index contributed by atoms with van der Waals surface area (Å²) in [6, 6.07) is 14.8. The van der Waals surface area contributed by atoms with Crippen LogP contribution in [0.1, 0.15) is 52.7 Å². The van der Waals surface area contributed by atoms with Crippen LogP contribution in [0.25, 0.3) is 0 Å². The van der Waals surface area contributed by atoms with Gasteiger partial charge in [-0.1, -0.05) is 39.0 Å². The molecule has 0 aliphatic rings. The van der Waals surface area contributed by atoms with E-state index in [9.17, 15) is 8.42 Å². The molecule has 7 nitrogen and oxygen atoms in total. The Hall–Kier alpha value is -2.97. The van der Waals surface area contributed by atoms with Gasteiger partial charge in [0, 0.05) is 28.7 Å². The van der Waals surface area contributed by atoms with Crippen molar-refractivity contribution < 1.29 is 8.42 Å². The minimum atomic E-state index is -3.64. The second-order valence-electron chi connectivity index (χ2n) is 10.2. The van der Waals surface area contributed by atoms with Gasteiger partial charge in [0.25, 0.3) is 0 Å². The second kappa shape index (κ2) is 9.11. The van der Waals surface area contributed by atoms with Crippen molar-refractivity contribution in [1.82, 2.24) is 14.7 Å². The maximum absolute atomic E-state index is 12.7. The monoisotopic (exact) mass is 467 g/mol. The molecule has 33 heavy (non-hydrogen) atoms. The molecular formula is C25H33N5O2S. The van der Waals surface area contributed by atoms with Crippen molar-refractivity contribution in [2.45, 2.75) is 64.3 Å². The average Bonchev–Trinajstić information content (AvgIpc) is 2.69. The van der Waals surface area contributed by atoms with Crippen molar-refractivity contribution in [3.05, 3.63) is 65.9 Å². The van der Waals surface area contributed by atoms with Gasteiger partial charge in [-0.2, -0.15) is 4.98 Å². The zero-order valence-corrected chi connectivity index (χ0v) is 21.1. The van der Waals surface area contributed by atoms with Gasteiger partial charge < -0.3 is 10.6 Å². The van der Waals surface area contributed by atoms with Gasteiger partial charge in [0.15, 0.2) is 0 Å². The first kappa shape index (κ1) is 24.7. The summed E-state index contributed by atoms with van der Waals surface area (Å²) < 4.78 is 28.1.